The average molecular weight is 370 g/mol. The molecule has 5 nitrogen and oxygen atoms in total. The molecule has 0 atom stereocenters. The summed E-state index contributed by atoms with van der Waals surface area (Å²) in [6.07, 6.45) is 0.434. The van der Waals surface area contributed by atoms with E-state index >= 15 is 0 Å². The van der Waals surface area contributed by atoms with Gasteiger partial charge in [0.25, 0.3) is 5.91 Å². The van der Waals surface area contributed by atoms with E-state index in [1.54, 1.807) is 36.4 Å². The van der Waals surface area contributed by atoms with Crippen LogP contribution in [0.25, 0.3) is 0 Å². The van der Waals surface area contributed by atoms with Gasteiger partial charge in [-0.1, -0.05) is 24.3 Å². The first-order valence-corrected chi connectivity index (χ1v) is 8.83. The van der Waals surface area contributed by atoms with Gasteiger partial charge in [0.15, 0.2) is 16.6 Å². The van der Waals surface area contributed by atoms with E-state index in [1.165, 1.54) is 17.4 Å². The number of nitrogens with zero attached hydrogens (tertiary/aromatic N) is 1. The second kappa shape index (κ2) is 6.76. The zero-order valence-electron chi connectivity index (χ0n) is 13.9. The van der Waals surface area contributed by atoms with Gasteiger partial charge in [0.2, 0.25) is 6.79 Å². The van der Waals surface area contributed by atoms with Crippen molar-refractivity contribution >= 4 is 22.4 Å². The summed E-state index contributed by atoms with van der Waals surface area (Å²) in [6, 6.07) is 11.8. The molecule has 0 unspecified atom stereocenters. The predicted molar refractivity (Wildman–Crippen MR) is 96.6 cm³/mol. The number of rotatable bonds is 4. The molecule has 0 radical (unpaired) electrons. The van der Waals surface area contributed by atoms with Crippen molar-refractivity contribution in [1.82, 2.24) is 4.98 Å². The van der Waals surface area contributed by atoms with Crippen molar-refractivity contribution in [2.45, 2.75) is 13.3 Å². The van der Waals surface area contributed by atoms with Gasteiger partial charge < -0.3 is 9.47 Å². The molecule has 0 bridgehead atoms. The summed E-state index contributed by atoms with van der Waals surface area (Å²) < 4.78 is 24.5. The highest BCUT2D eigenvalue weighted by Gasteiger charge is 2.22. The van der Waals surface area contributed by atoms with E-state index in [-0.39, 0.29) is 18.5 Å². The topological polar surface area (TPSA) is 60.5 Å². The Balaban J connectivity index is 1.54. The molecule has 0 fully saturated rings. The zero-order chi connectivity index (χ0) is 18.1. The molecule has 2 aromatic carbocycles. The number of thiazole rings is 1. The van der Waals surface area contributed by atoms with Crippen molar-refractivity contribution in [3.05, 3.63) is 70.0 Å². The molecule has 0 saturated carbocycles. The number of carbonyl (C=O) groups excluding carboxylic acids is 1. The fourth-order valence-corrected chi connectivity index (χ4v) is 3.71. The number of fused-ring (bicyclic) bond motifs is 1. The van der Waals surface area contributed by atoms with Crippen LogP contribution in [0.15, 0.2) is 42.5 Å². The molecule has 3 aromatic rings. The largest absolute Gasteiger partial charge is 0.454 e. The Morgan fingerprint density at radius 1 is 1.23 bits per heavy atom. The minimum absolute atomic E-state index is 0.1000. The molecule has 1 aromatic heterocycles. The molecule has 26 heavy (non-hydrogen) atoms. The van der Waals surface area contributed by atoms with Crippen LogP contribution in [-0.4, -0.2) is 17.7 Å². The van der Waals surface area contributed by atoms with Crippen LogP contribution in [-0.2, 0) is 6.42 Å². The summed E-state index contributed by atoms with van der Waals surface area (Å²) >= 11 is 1.34. The average Bonchev–Trinajstić information content (AvgIpc) is 3.23. The molecule has 4 rings (SSSR count). The number of aromatic nitrogens is 1. The Morgan fingerprint density at radius 3 is 2.92 bits per heavy atom. The van der Waals surface area contributed by atoms with Gasteiger partial charge >= 0.3 is 0 Å². The van der Waals surface area contributed by atoms with Crippen molar-refractivity contribution in [3.63, 3.8) is 0 Å². The van der Waals surface area contributed by atoms with E-state index in [2.05, 4.69) is 10.3 Å². The van der Waals surface area contributed by atoms with Crippen LogP contribution in [0.3, 0.4) is 0 Å². The number of nitrogens with one attached hydrogen (secondary N) is 1. The van der Waals surface area contributed by atoms with Crippen molar-refractivity contribution in [1.29, 1.82) is 0 Å². The SMILES string of the molecule is Cc1nc(NC(=O)c2cccc3c2OCO3)sc1Cc1ccccc1F. The summed E-state index contributed by atoms with van der Waals surface area (Å²) in [5, 5.41) is 3.26. The molecule has 1 aliphatic heterocycles. The van der Waals surface area contributed by atoms with Crippen LogP contribution in [0.5, 0.6) is 11.5 Å². The Bertz CT molecular complexity index is 987. The highest BCUT2D eigenvalue weighted by molar-refractivity contribution is 7.15. The van der Waals surface area contributed by atoms with Gasteiger partial charge in [-0.25, -0.2) is 9.37 Å². The number of halogens is 1. The summed E-state index contributed by atoms with van der Waals surface area (Å²) in [7, 11) is 0. The fourth-order valence-electron chi connectivity index (χ4n) is 2.73. The number of ether oxygens (including phenoxy) is 2. The molecule has 7 heteroatoms. The second-order valence-corrected chi connectivity index (χ2v) is 6.87. The van der Waals surface area contributed by atoms with Crippen molar-refractivity contribution in [2.24, 2.45) is 0 Å². The lowest BCUT2D eigenvalue weighted by Crippen LogP contribution is -2.12. The maximum absolute atomic E-state index is 13.9. The van der Waals surface area contributed by atoms with E-state index in [0.29, 0.717) is 34.2 Å². The minimum Gasteiger partial charge on any atom is -0.454 e. The van der Waals surface area contributed by atoms with Gasteiger partial charge in [0.1, 0.15) is 5.82 Å². The van der Waals surface area contributed by atoms with Gasteiger partial charge in [0.05, 0.1) is 11.3 Å². The number of carbonyl (C=O) groups is 1. The van der Waals surface area contributed by atoms with Crippen LogP contribution in [0.2, 0.25) is 0 Å². The van der Waals surface area contributed by atoms with E-state index < -0.39 is 0 Å². The lowest BCUT2D eigenvalue weighted by molar-refractivity contribution is 0.102. The molecule has 0 saturated heterocycles. The number of para-hydroxylation sites is 1. The van der Waals surface area contributed by atoms with Crippen LogP contribution >= 0.6 is 11.3 Å². The van der Waals surface area contributed by atoms with Crippen LogP contribution in [0.4, 0.5) is 9.52 Å². The minimum atomic E-state index is -0.321. The summed E-state index contributed by atoms with van der Waals surface area (Å²) in [5.74, 6) is 0.416. The van der Waals surface area contributed by atoms with Crippen LogP contribution < -0.4 is 14.8 Å². The van der Waals surface area contributed by atoms with Gasteiger partial charge in [-0.05, 0) is 30.7 Å². The zero-order valence-corrected chi connectivity index (χ0v) is 14.7. The number of hydrogen-bond donors (Lipinski definition) is 1. The van der Waals surface area contributed by atoms with Gasteiger partial charge in [-0.3, -0.25) is 10.1 Å². The Kier molecular flexibility index (Phi) is 4.30. The Hall–Kier alpha value is -2.93. The number of hydrogen-bond acceptors (Lipinski definition) is 5. The molecule has 1 N–H and O–H groups in total. The number of benzene rings is 2. The Morgan fingerprint density at radius 2 is 2.08 bits per heavy atom. The molecular weight excluding hydrogens is 355 g/mol. The van der Waals surface area contributed by atoms with Crippen molar-refractivity contribution in [3.8, 4) is 11.5 Å². The molecule has 0 aliphatic carbocycles. The summed E-state index contributed by atoms with van der Waals surface area (Å²) in [4.78, 5) is 17.9. The number of aryl methyl sites for hydroxylation is 1. The third-order valence-electron chi connectivity index (χ3n) is 4.06. The van der Waals surface area contributed by atoms with Crippen molar-refractivity contribution in [2.75, 3.05) is 12.1 Å². The molecule has 0 spiro atoms. The number of anilines is 1. The predicted octanol–water partition coefficient (Wildman–Crippen LogP) is 4.16. The normalized spacial score (nSPS) is 12.2. The van der Waals surface area contributed by atoms with E-state index in [9.17, 15) is 9.18 Å². The maximum atomic E-state index is 13.9. The fraction of sp³-hybridized carbons (Fsp3) is 0.158. The summed E-state index contributed by atoms with van der Waals surface area (Å²) in [5.41, 5.74) is 1.76. The third-order valence-corrected chi connectivity index (χ3v) is 5.14. The molecular formula is C19H15FN2O3S. The third kappa shape index (κ3) is 3.13. The molecule has 132 valence electrons. The molecule has 1 amide bonds. The highest BCUT2D eigenvalue weighted by Crippen LogP contribution is 2.36. The number of amides is 1. The monoisotopic (exact) mass is 370 g/mol. The molecule has 2 heterocycles. The lowest BCUT2D eigenvalue weighted by atomic mass is 10.1. The summed E-state index contributed by atoms with van der Waals surface area (Å²) in [6.45, 7) is 1.95. The van der Waals surface area contributed by atoms with Gasteiger partial charge in [-0.2, -0.15) is 0 Å². The van der Waals surface area contributed by atoms with Gasteiger partial charge in [0, 0.05) is 11.3 Å². The van der Waals surface area contributed by atoms with Crippen LogP contribution in [0.1, 0.15) is 26.5 Å². The van der Waals surface area contributed by atoms with E-state index in [0.717, 1.165) is 10.6 Å². The first-order valence-electron chi connectivity index (χ1n) is 8.01. The standard InChI is InChI=1S/C19H15FN2O3S/c1-11-16(9-12-5-2-3-7-14(12)20)26-19(21-11)22-18(23)13-6-4-8-15-17(13)25-10-24-15/h2-8H,9-10H2,1H3,(H,21,22,23). The maximum Gasteiger partial charge on any atom is 0.261 e. The smallest absolute Gasteiger partial charge is 0.261 e. The van der Waals surface area contributed by atoms with Gasteiger partial charge in [-0.15, -0.1) is 11.3 Å². The quantitative estimate of drug-likeness (QED) is 0.749. The van der Waals surface area contributed by atoms with E-state index in [4.69, 9.17) is 9.47 Å². The first-order chi connectivity index (χ1) is 12.6. The second-order valence-electron chi connectivity index (χ2n) is 5.79. The first kappa shape index (κ1) is 16.5. The van der Waals surface area contributed by atoms with Crippen LogP contribution in [0, 0.1) is 12.7 Å². The molecule has 1 aliphatic rings. The highest BCUT2D eigenvalue weighted by atomic mass is 32.1. The van der Waals surface area contributed by atoms with E-state index in [1.807, 2.05) is 6.92 Å². The Labute approximate surface area is 153 Å². The van der Waals surface area contributed by atoms with Crippen molar-refractivity contribution < 1.29 is 18.7 Å². The lowest BCUT2D eigenvalue weighted by Gasteiger charge is -2.05.